The first-order chi connectivity index (χ1) is 15.5. The van der Waals surface area contributed by atoms with Crippen LogP contribution in [0.25, 0.3) is 11.3 Å². The van der Waals surface area contributed by atoms with Crippen LogP contribution in [0.15, 0.2) is 51.0 Å². The summed E-state index contributed by atoms with van der Waals surface area (Å²) < 4.78 is 29.8. The number of hydrogen-bond acceptors (Lipinski definition) is 10. The van der Waals surface area contributed by atoms with Crippen LogP contribution in [-0.4, -0.2) is 60.0 Å². The molecule has 11 nitrogen and oxygen atoms in total. The predicted molar refractivity (Wildman–Crippen MR) is 124 cm³/mol. The minimum Gasteiger partial charge on any atom is -0.411 e. The summed E-state index contributed by atoms with van der Waals surface area (Å²) in [4.78, 5) is 18.2. The molecule has 1 unspecified atom stereocenters. The first kappa shape index (κ1) is 24.1. The summed E-state index contributed by atoms with van der Waals surface area (Å²) in [6.07, 6.45) is 2.08. The van der Waals surface area contributed by atoms with Crippen molar-refractivity contribution in [3.05, 3.63) is 54.0 Å². The van der Waals surface area contributed by atoms with Crippen LogP contribution < -0.4 is 17.2 Å². The fourth-order valence-electron chi connectivity index (χ4n) is 3.06. The number of rotatable bonds is 7. The van der Waals surface area contributed by atoms with E-state index in [4.69, 9.17) is 21.6 Å². The number of carbonyl (C=O) groups is 1. The smallest absolute Gasteiger partial charge is 0.311 e. The Kier molecular flexibility index (Phi) is 6.98. The van der Waals surface area contributed by atoms with Crippen molar-refractivity contribution < 1.29 is 17.6 Å². The summed E-state index contributed by atoms with van der Waals surface area (Å²) in [6.45, 7) is 8.08. The van der Waals surface area contributed by atoms with Gasteiger partial charge in [0.2, 0.25) is 0 Å². The molecule has 1 amide bonds. The highest BCUT2D eigenvalue weighted by Crippen LogP contribution is 2.20. The quantitative estimate of drug-likeness (QED) is 0.488. The third-order valence-corrected chi connectivity index (χ3v) is 7.33. The maximum atomic E-state index is 12.4. The molecule has 0 aliphatic carbocycles. The van der Waals surface area contributed by atoms with Gasteiger partial charge in [-0.3, -0.25) is 4.79 Å². The zero-order valence-corrected chi connectivity index (χ0v) is 19.2. The van der Waals surface area contributed by atoms with Gasteiger partial charge < -0.3 is 26.5 Å². The van der Waals surface area contributed by atoms with E-state index in [1.807, 2.05) is 0 Å². The molecule has 0 spiro atoms. The molecule has 6 N–H and O–H groups in total. The van der Waals surface area contributed by atoms with Gasteiger partial charge in [-0.15, -0.1) is 10.2 Å². The summed E-state index contributed by atoms with van der Waals surface area (Å²) in [5.74, 6) is -0.876. The zero-order valence-electron chi connectivity index (χ0n) is 18.4. The standard InChI is InChI=1S/C21H27N7O4S/c1-12(2)33(30,31)16-6-4-14(5-7-16)13(3)10-25-18(24)17(23)19-26-27-20(32-19)21(29)28-9-8-15(22)11-28/h4-7,10,12,15H,3,8-9,11,22-24H2,1-2H3/b18-17-,25-10-. The number of hydrogen-bond donors (Lipinski definition) is 3. The third kappa shape index (κ3) is 5.29. The van der Waals surface area contributed by atoms with Crippen molar-refractivity contribution in [2.24, 2.45) is 22.2 Å². The van der Waals surface area contributed by atoms with E-state index in [2.05, 4.69) is 21.8 Å². The number of carbonyl (C=O) groups excluding carboxylic acids is 1. The van der Waals surface area contributed by atoms with Crippen molar-refractivity contribution in [1.29, 1.82) is 0 Å². The molecule has 1 aliphatic heterocycles. The van der Waals surface area contributed by atoms with E-state index >= 15 is 0 Å². The molecule has 1 aromatic carbocycles. The third-order valence-electron chi connectivity index (χ3n) is 5.16. The minimum atomic E-state index is -3.36. The van der Waals surface area contributed by atoms with Gasteiger partial charge in [-0.2, -0.15) is 0 Å². The SMILES string of the molecule is C=C(/C=N\C(N)=C(/N)c1nnc(C(=O)N2CCC(N)C2)o1)c1ccc(S(=O)(=O)C(C)C)cc1. The van der Waals surface area contributed by atoms with E-state index in [0.29, 0.717) is 30.6 Å². The zero-order chi connectivity index (χ0) is 24.3. The second-order valence-corrected chi connectivity index (χ2v) is 10.4. The van der Waals surface area contributed by atoms with Gasteiger partial charge in [0.1, 0.15) is 5.70 Å². The van der Waals surface area contributed by atoms with Gasteiger partial charge in [0.25, 0.3) is 5.89 Å². The summed E-state index contributed by atoms with van der Waals surface area (Å²) in [5, 5.41) is 6.99. The van der Waals surface area contributed by atoms with Gasteiger partial charge in [-0.05, 0) is 43.5 Å². The summed E-state index contributed by atoms with van der Waals surface area (Å²) in [6, 6.07) is 6.22. The number of nitrogens with two attached hydrogens (primary N) is 3. The lowest BCUT2D eigenvalue weighted by Crippen LogP contribution is -2.32. The predicted octanol–water partition coefficient (Wildman–Crippen LogP) is 0.753. The van der Waals surface area contributed by atoms with Crippen LogP contribution in [0, 0.1) is 0 Å². The van der Waals surface area contributed by atoms with Crippen LogP contribution >= 0.6 is 0 Å². The molecule has 1 aliphatic rings. The lowest BCUT2D eigenvalue weighted by Gasteiger charge is -2.12. The second kappa shape index (κ2) is 9.55. The molecule has 0 radical (unpaired) electrons. The van der Waals surface area contributed by atoms with E-state index in [9.17, 15) is 13.2 Å². The number of sulfone groups is 1. The molecule has 1 saturated heterocycles. The summed E-state index contributed by atoms with van der Waals surface area (Å²) >= 11 is 0. The Hall–Kier alpha value is -3.51. The summed E-state index contributed by atoms with van der Waals surface area (Å²) in [5.41, 5.74) is 18.7. The van der Waals surface area contributed by atoms with Crippen LogP contribution in [0.1, 0.15) is 42.4 Å². The molecule has 176 valence electrons. The average molecular weight is 474 g/mol. The Morgan fingerprint density at radius 2 is 1.88 bits per heavy atom. The first-order valence-electron chi connectivity index (χ1n) is 10.2. The average Bonchev–Trinajstić information content (AvgIpc) is 3.45. The normalized spacial score (nSPS) is 17.6. The first-order valence-corrected chi connectivity index (χ1v) is 11.8. The molecule has 12 heteroatoms. The van der Waals surface area contributed by atoms with E-state index in [1.165, 1.54) is 23.2 Å². The molecule has 0 saturated carbocycles. The van der Waals surface area contributed by atoms with Gasteiger partial charge in [0, 0.05) is 25.3 Å². The number of amides is 1. The molecule has 33 heavy (non-hydrogen) atoms. The molecule has 2 heterocycles. The Labute approximate surface area is 192 Å². The number of likely N-dealkylation sites (tertiary alicyclic amines) is 1. The summed E-state index contributed by atoms with van der Waals surface area (Å²) in [7, 11) is -3.36. The Morgan fingerprint density at radius 3 is 2.45 bits per heavy atom. The molecular formula is C21H27N7O4S. The Morgan fingerprint density at radius 1 is 1.24 bits per heavy atom. The molecule has 0 bridgehead atoms. The molecule has 1 aromatic heterocycles. The van der Waals surface area contributed by atoms with Crippen LogP contribution in [-0.2, 0) is 9.84 Å². The van der Waals surface area contributed by atoms with E-state index in [0.717, 1.165) is 0 Å². The molecular weight excluding hydrogens is 446 g/mol. The van der Waals surface area contributed by atoms with Gasteiger partial charge in [0.15, 0.2) is 15.7 Å². The van der Waals surface area contributed by atoms with Crippen LogP contribution in [0.4, 0.5) is 0 Å². The van der Waals surface area contributed by atoms with Crippen molar-refractivity contribution >= 4 is 33.2 Å². The molecule has 3 rings (SSSR count). The van der Waals surface area contributed by atoms with Crippen molar-refractivity contribution in [3.8, 4) is 0 Å². The number of benzene rings is 1. The lowest BCUT2D eigenvalue weighted by atomic mass is 10.1. The van der Waals surface area contributed by atoms with Gasteiger partial charge in [-0.25, -0.2) is 13.4 Å². The number of aromatic nitrogens is 2. The highest BCUT2D eigenvalue weighted by molar-refractivity contribution is 7.92. The van der Waals surface area contributed by atoms with Crippen molar-refractivity contribution in [3.63, 3.8) is 0 Å². The highest BCUT2D eigenvalue weighted by atomic mass is 32.2. The van der Waals surface area contributed by atoms with E-state index in [1.54, 1.807) is 26.0 Å². The Bertz CT molecular complexity index is 1210. The lowest BCUT2D eigenvalue weighted by molar-refractivity contribution is 0.0750. The van der Waals surface area contributed by atoms with Crippen LogP contribution in [0.2, 0.25) is 0 Å². The van der Waals surface area contributed by atoms with E-state index < -0.39 is 21.0 Å². The maximum absolute atomic E-state index is 12.4. The van der Waals surface area contributed by atoms with Crippen molar-refractivity contribution in [2.75, 3.05) is 13.1 Å². The van der Waals surface area contributed by atoms with Crippen molar-refractivity contribution in [2.45, 2.75) is 36.5 Å². The van der Waals surface area contributed by atoms with Gasteiger partial charge >= 0.3 is 11.8 Å². The number of nitrogens with zero attached hydrogens (tertiary/aromatic N) is 4. The monoisotopic (exact) mass is 473 g/mol. The number of allylic oxidation sites excluding steroid dienone is 1. The maximum Gasteiger partial charge on any atom is 0.311 e. The van der Waals surface area contributed by atoms with Crippen molar-refractivity contribution in [1.82, 2.24) is 15.1 Å². The molecule has 1 fully saturated rings. The number of aliphatic imine (C=N–C) groups is 1. The van der Waals surface area contributed by atoms with Gasteiger partial charge in [0.05, 0.1) is 10.1 Å². The highest BCUT2D eigenvalue weighted by Gasteiger charge is 2.28. The minimum absolute atomic E-state index is 0.0739. The Balaban J connectivity index is 1.71. The van der Waals surface area contributed by atoms with Gasteiger partial charge in [-0.1, -0.05) is 18.7 Å². The molecule has 2 aromatic rings. The molecule has 1 atom stereocenters. The topological polar surface area (TPSA) is 184 Å². The fraction of sp³-hybridized carbons (Fsp3) is 0.333. The largest absolute Gasteiger partial charge is 0.411 e. The van der Waals surface area contributed by atoms with Crippen LogP contribution in [0.5, 0.6) is 0 Å². The van der Waals surface area contributed by atoms with Crippen LogP contribution in [0.3, 0.4) is 0 Å². The second-order valence-electron chi connectivity index (χ2n) is 7.91. The fourth-order valence-corrected chi connectivity index (χ4v) is 4.12. The van der Waals surface area contributed by atoms with E-state index in [-0.39, 0.29) is 34.2 Å².